The van der Waals surface area contributed by atoms with E-state index in [-0.39, 0.29) is 6.54 Å². The van der Waals surface area contributed by atoms with Crippen LogP contribution in [0.2, 0.25) is 0 Å². The molecule has 1 atom stereocenters. The smallest absolute Gasteiger partial charge is 0.322 e. The van der Waals surface area contributed by atoms with Gasteiger partial charge in [0.05, 0.1) is 13.7 Å². The Hall–Kier alpha value is -4.05. The molecule has 2 N–H and O–H groups in total. The molecule has 3 aliphatic rings. The van der Waals surface area contributed by atoms with Crippen molar-refractivity contribution in [1.29, 1.82) is 0 Å². The molecule has 6 rings (SSSR count). The van der Waals surface area contributed by atoms with Gasteiger partial charge in [-0.3, -0.25) is 10.1 Å². The van der Waals surface area contributed by atoms with Gasteiger partial charge in [0.1, 0.15) is 22.8 Å². The van der Waals surface area contributed by atoms with E-state index in [1.165, 1.54) is 0 Å². The van der Waals surface area contributed by atoms with E-state index in [1.807, 2.05) is 35.2 Å². The van der Waals surface area contributed by atoms with Gasteiger partial charge in [0.15, 0.2) is 11.1 Å². The normalized spacial score (nSPS) is 21.9. The molecule has 0 radical (unpaired) electrons. The topological polar surface area (TPSA) is 103 Å². The van der Waals surface area contributed by atoms with Gasteiger partial charge in [0.2, 0.25) is 0 Å². The first-order chi connectivity index (χ1) is 17.9. The van der Waals surface area contributed by atoms with Crippen molar-refractivity contribution in [3.05, 3.63) is 59.9 Å². The number of likely N-dealkylation sites (N-methyl/N-ethyl adjacent to an activating group) is 1. The number of furan rings is 1. The van der Waals surface area contributed by atoms with Crippen molar-refractivity contribution in [1.82, 2.24) is 25.4 Å². The summed E-state index contributed by atoms with van der Waals surface area (Å²) in [5, 5.41) is 5.23. The van der Waals surface area contributed by atoms with Crippen molar-refractivity contribution in [2.24, 2.45) is 0 Å². The molecule has 3 aromatic rings. The molecule has 0 saturated carbocycles. The van der Waals surface area contributed by atoms with Gasteiger partial charge in [-0.2, -0.15) is 0 Å². The predicted molar refractivity (Wildman–Crippen MR) is 139 cm³/mol. The van der Waals surface area contributed by atoms with E-state index < -0.39 is 17.5 Å². The van der Waals surface area contributed by atoms with Crippen molar-refractivity contribution in [3.8, 4) is 5.75 Å². The van der Waals surface area contributed by atoms with E-state index in [4.69, 9.17) is 14.1 Å². The van der Waals surface area contributed by atoms with Gasteiger partial charge in [-0.05, 0) is 36.4 Å². The molecular formula is C27H30N6O4. The quantitative estimate of drug-likeness (QED) is 0.496. The number of nitrogens with zero attached hydrogens (tertiary/aromatic N) is 4. The first kappa shape index (κ1) is 23.4. The second-order valence-corrected chi connectivity index (χ2v) is 9.72. The maximum atomic E-state index is 13.3. The number of nitrogens with one attached hydrogen (secondary N) is 2. The van der Waals surface area contributed by atoms with Crippen LogP contribution in [0.5, 0.6) is 5.75 Å². The van der Waals surface area contributed by atoms with Gasteiger partial charge in [-0.25, -0.2) is 9.78 Å². The van der Waals surface area contributed by atoms with Crippen LogP contribution < -0.4 is 20.3 Å². The van der Waals surface area contributed by atoms with Crippen LogP contribution in [0.1, 0.15) is 23.8 Å². The lowest BCUT2D eigenvalue weighted by molar-refractivity contribution is -0.125. The SMILES string of the molecule is C=C1c2cc(OC)ccc2CN1C[C@@]1(c2cc3nc(N4CCN(CC)CC4)ccc3o2)NC(=O)NC1=O. The Morgan fingerprint density at radius 2 is 1.95 bits per heavy atom. The fourth-order valence-corrected chi connectivity index (χ4v) is 5.45. The number of urea groups is 1. The van der Waals surface area contributed by atoms with E-state index in [0.29, 0.717) is 23.4 Å². The number of hydrogen-bond acceptors (Lipinski definition) is 8. The molecule has 37 heavy (non-hydrogen) atoms. The van der Waals surface area contributed by atoms with E-state index in [9.17, 15) is 9.59 Å². The largest absolute Gasteiger partial charge is 0.497 e. The summed E-state index contributed by atoms with van der Waals surface area (Å²) in [5.74, 6) is 1.49. The number of aromatic nitrogens is 1. The van der Waals surface area contributed by atoms with Gasteiger partial charge >= 0.3 is 6.03 Å². The Kier molecular flexibility index (Phi) is 5.56. The van der Waals surface area contributed by atoms with Crippen LogP contribution in [0, 0.1) is 0 Å². The van der Waals surface area contributed by atoms with Crippen LogP contribution in [0.4, 0.5) is 10.6 Å². The summed E-state index contributed by atoms with van der Waals surface area (Å²) in [6.07, 6.45) is 0. The number of fused-ring (bicyclic) bond motifs is 2. The van der Waals surface area contributed by atoms with Crippen LogP contribution in [-0.2, 0) is 16.9 Å². The highest BCUT2D eigenvalue weighted by Crippen LogP contribution is 2.38. The minimum absolute atomic E-state index is 0.159. The van der Waals surface area contributed by atoms with Crippen molar-refractivity contribution in [2.75, 3.05) is 51.3 Å². The Morgan fingerprint density at radius 3 is 2.65 bits per heavy atom. The summed E-state index contributed by atoms with van der Waals surface area (Å²) in [5.41, 5.74) is 2.58. The Labute approximate surface area is 214 Å². The highest BCUT2D eigenvalue weighted by Gasteiger charge is 2.52. The minimum Gasteiger partial charge on any atom is -0.497 e. The summed E-state index contributed by atoms with van der Waals surface area (Å²) >= 11 is 0. The molecule has 0 spiro atoms. The van der Waals surface area contributed by atoms with Gasteiger partial charge in [0, 0.05) is 50.1 Å². The van der Waals surface area contributed by atoms with Crippen molar-refractivity contribution < 1.29 is 18.7 Å². The van der Waals surface area contributed by atoms with Crippen molar-refractivity contribution in [2.45, 2.75) is 19.0 Å². The number of ether oxygens (including phenoxy) is 1. The molecule has 192 valence electrons. The zero-order chi connectivity index (χ0) is 25.7. The predicted octanol–water partition coefficient (Wildman–Crippen LogP) is 2.50. The van der Waals surface area contributed by atoms with Crippen LogP contribution in [0.25, 0.3) is 16.8 Å². The number of carbonyl (C=O) groups excluding carboxylic acids is 2. The second kappa shape index (κ2) is 8.81. The first-order valence-electron chi connectivity index (χ1n) is 12.5. The van der Waals surface area contributed by atoms with E-state index in [1.54, 1.807) is 13.2 Å². The van der Waals surface area contributed by atoms with Gasteiger partial charge in [0.25, 0.3) is 5.91 Å². The minimum atomic E-state index is -1.42. The van der Waals surface area contributed by atoms with Gasteiger partial charge < -0.3 is 29.2 Å². The number of piperazine rings is 1. The third-order valence-electron chi connectivity index (χ3n) is 7.66. The van der Waals surface area contributed by atoms with E-state index >= 15 is 0 Å². The molecule has 0 bridgehead atoms. The number of amides is 3. The third kappa shape index (κ3) is 3.88. The molecule has 2 fully saturated rings. The number of methoxy groups -OCH3 is 1. The third-order valence-corrected chi connectivity index (χ3v) is 7.66. The molecule has 10 nitrogen and oxygen atoms in total. The maximum absolute atomic E-state index is 13.3. The molecule has 3 amide bonds. The zero-order valence-electron chi connectivity index (χ0n) is 21.0. The number of hydrogen-bond donors (Lipinski definition) is 2. The number of benzene rings is 1. The standard InChI is InChI=1S/C27H30N6O4/c1-4-31-9-11-32(12-10-31)24-8-7-22-21(28-24)14-23(37-22)27(25(34)29-26(35)30-27)16-33-15-18-5-6-19(36-3)13-20(18)17(33)2/h5-8,13-14H,2,4,9-12,15-16H2,1,3H3,(H2,29,30,34,35)/t27-/m0/s1. The highest BCUT2D eigenvalue weighted by atomic mass is 16.5. The fraction of sp³-hybridized carbons (Fsp3) is 0.370. The van der Waals surface area contributed by atoms with Crippen LogP contribution >= 0.6 is 0 Å². The monoisotopic (exact) mass is 502 g/mol. The number of pyridine rings is 1. The lowest BCUT2D eigenvalue weighted by Crippen LogP contribution is -2.51. The number of imide groups is 1. The average Bonchev–Trinajstić information content (AvgIpc) is 3.57. The van der Waals surface area contributed by atoms with Crippen LogP contribution in [-0.4, -0.2) is 73.1 Å². The first-order valence-corrected chi connectivity index (χ1v) is 12.5. The summed E-state index contributed by atoms with van der Waals surface area (Å²) in [6, 6.07) is 10.9. The zero-order valence-corrected chi connectivity index (χ0v) is 21.0. The lowest BCUT2D eigenvalue weighted by atomic mass is 9.95. The summed E-state index contributed by atoms with van der Waals surface area (Å²) < 4.78 is 11.5. The molecular weight excluding hydrogens is 472 g/mol. The Balaban J connectivity index is 1.31. The molecule has 3 aliphatic heterocycles. The van der Waals surface area contributed by atoms with Gasteiger partial charge in [-0.15, -0.1) is 0 Å². The highest BCUT2D eigenvalue weighted by molar-refractivity contribution is 6.07. The molecule has 1 aromatic carbocycles. The fourth-order valence-electron chi connectivity index (χ4n) is 5.45. The molecule has 2 aromatic heterocycles. The maximum Gasteiger partial charge on any atom is 0.322 e. The van der Waals surface area contributed by atoms with E-state index in [2.05, 4.69) is 33.9 Å². The van der Waals surface area contributed by atoms with E-state index in [0.717, 1.165) is 61.1 Å². The number of rotatable bonds is 6. The molecule has 2 saturated heterocycles. The summed E-state index contributed by atoms with van der Waals surface area (Å²) in [7, 11) is 1.62. The molecule has 0 unspecified atom stereocenters. The van der Waals surface area contributed by atoms with Crippen LogP contribution in [0.3, 0.4) is 0 Å². The lowest BCUT2D eigenvalue weighted by Gasteiger charge is -2.34. The summed E-state index contributed by atoms with van der Waals surface area (Å²) in [6.45, 7) is 12.0. The van der Waals surface area contributed by atoms with Crippen molar-refractivity contribution in [3.63, 3.8) is 0 Å². The average molecular weight is 503 g/mol. The number of carbonyl (C=O) groups is 2. The Bertz CT molecular complexity index is 1410. The van der Waals surface area contributed by atoms with Gasteiger partial charge in [-0.1, -0.05) is 19.6 Å². The van der Waals surface area contributed by atoms with Crippen molar-refractivity contribution >= 4 is 34.6 Å². The Morgan fingerprint density at radius 1 is 1.14 bits per heavy atom. The molecule has 5 heterocycles. The number of anilines is 1. The molecule has 10 heteroatoms. The summed E-state index contributed by atoms with van der Waals surface area (Å²) in [4.78, 5) is 37.1. The molecule has 0 aliphatic carbocycles. The van der Waals surface area contributed by atoms with Crippen LogP contribution in [0.15, 0.2) is 47.4 Å². The second-order valence-electron chi connectivity index (χ2n) is 9.72.